The highest BCUT2D eigenvalue weighted by molar-refractivity contribution is 5.83. The fraction of sp³-hybridized carbons (Fsp3) is 0.923. The Labute approximate surface area is 111 Å². The summed E-state index contributed by atoms with van der Waals surface area (Å²) in [4.78, 5) is 12.2. The average molecular weight is 278 g/mol. The van der Waals surface area contributed by atoms with Crippen molar-refractivity contribution in [2.45, 2.75) is 51.2 Å². The molecule has 0 aromatic rings. The first kappa shape index (κ1) is 14.6. The van der Waals surface area contributed by atoms with Gasteiger partial charge in [0, 0.05) is 5.41 Å². The van der Waals surface area contributed by atoms with Crippen molar-refractivity contribution in [1.82, 2.24) is 10.6 Å². The van der Waals surface area contributed by atoms with Crippen LogP contribution < -0.4 is 10.6 Å². The second-order valence-corrected chi connectivity index (χ2v) is 6.30. The molecule has 2 aliphatic rings. The molecule has 0 spiro atoms. The molecule has 1 aliphatic heterocycles. The van der Waals surface area contributed by atoms with E-state index in [1.165, 1.54) is 0 Å². The first-order valence-corrected chi connectivity index (χ1v) is 6.79. The smallest absolute Gasteiger partial charge is 0.341 e. The lowest BCUT2D eigenvalue weighted by Crippen LogP contribution is -2.55. The van der Waals surface area contributed by atoms with E-state index < -0.39 is 23.0 Å². The van der Waals surface area contributed by atoms with Crippen LogP contribution in [0.5, 0.6) is 0 Å². The lowest BCUT2D eigenvalue weighted by atomic mass is 9.74. The Morgan fingerprint density at radius 3 is 2.37 bits per heavy atom. The average Bonchev–Trinajstić information content (AvgIpc) is 3.10. The molecule has 2 rings (SSSR count). The molecule has 2 fully saturated rings. The second-order valence-electron chi connectivity index (χ2n) is 6.30. The Morgan fingerprint density at radius 1 is 1.32 bits per heavy atom. The maximum atomic E-state index is 12.9. The predicted octanol–water partition coefficient (Wildman–Crippen LogP) is 2.22. The number of nitrogens with one attached hydrogen (secondary N) is 2. The van der Waals surface area contributed by atoms with Gasteiger partial charge < -0.3 is 10.6 Å². The van der Waals surface area contributed by atoms with Crippen LogP contribution in [0.2, 0.25) is 0 Å². The molecular formula is C13H21F3N2O. The Bertz CT molecular complexity index is 355. The molecule has 0 aromatic heterocycles. The maximum Gasteiger partial charge on any atom is 0.411 e. The molecule has 0 radical (unpaired) electrons. The van der Waals surface area contributed by atoms with Gasteiger partial charge in [-0.05, 0) is 44.7 Å². The Kier molecular flexibility index (Phi) is 3.58. The van der Waals surface area contributed by atoms with Crippen molar-refractivity contribution in [3.8, 4) is 0 Å². The molecule has 0 aromatic carbocycles. The molecule has 0 bridgehead atoms. The van der Waals surface area contributed by atoms with Crippen LogP contribution in [0, 0.1) is 11.3 Å². The third kappa shape index (κ3) is 2.73. The number of carbonyl (C=O) groups is 1. The van der Waals surface area contributed by atoms with Crippen molar-refractivity contribution in [3.63, 3.8) is 0 Å². The number of hydrogen-bond donors (Lipinski definition) is 2. The summed E-state index contributed by atoms with van der Waals surface area (Å²) in [7, 11) is 0. The summed E-state index contributed by atoms with van der Waals surface area (Å²) in [6.45, 7) is 5.10. The van der Waals surface area contributed by atoms with Gasteiger partial charge in [-0.15, -0.1) is 0 Å². The molecule has 1 saturated heterocycles. The minimum absolute atomic E-state index is 0.00123. The van der Waals surface area contributed by atoms with Crippen molar-refractivity contribution in [2.75, 3.05) is 13.1 Å². The number of carbonyl (C=O) groups excluding carboxylic acids is 1. The summed E-state index contributed by atoms with van der Waals surface area (Å²) in [6.07, 6.45) is -2.50. The van der Waals surface area contributed by atoms with Crippen LogP contribution in [0.4, 0.5) is 13.2 Å². The molecule has 110 valence electrons. The van der Waals surface area contributed by atoms with Gasteiger partial charge in [-0.3, -0.25) is 4.79 Å². The minimum atomic E-state index is -4.34. The molecule has 1 saturated carbocycles. The van der Waals surface area contributed by atoms with Crippen molar-refractivity contribution in [1.29, 1.82) is 0 Å². The Hall–Kier alpha value is -0.780. The lowest BCUT2D eigenvalue weighted by molar-refractivity contribution is -0.173. The highest BCUT2D eigenvalue weighted by Crippen LogP contribution is 2.49. The molecule has 1 unspecified atom stereocenters. The standard InChI is InChI=1S/C13H21F3N2O/c1-11(2,9-4-3-7-17-8-9)10(19)18-12(5-6-12)13(14,15)16/h9,17H,3-8H2,1-2H3,(H,18,19). The molecular weight excluding hydrogens is 257 g/mol. The number of rotatable bonds is 3. The van der Waals surface area contributed by atoms with Crippen molar-refractivity contribution >= 4 is 5.91 Å². The van der Waals surface area contributed by atoms with Crippen LogP contribution in [-0.4, -0.2) is 30.7 Å². The second kappa shape index (κ2) is 4.65. The van der Waals surface area contributed by atoms with Crippen molar-refractivity contribution in [2.24, 2.45) is 11.3 Å². The lowest BCUT2D eigenvalue weighted by Gasteiger charge is -2.37. The zero-order chi connectivity index (χ0) is 14.3. The zero-order valence-corrected chi connectivity index (χ0v) is 11.4. The minimum Gasteiger partial charge on any atom is -0.341 e. The summed E-state index contributed by atoms with van der Waals surface area (Å²) in [5.74, 6) is -0.388. The fourth-order valence-corrected chi connectivity index (χ4v) is 2.64. The normalized spacial score (nSPS) is 26.9. The summed E-state index contributed by atoms with van der Waals surface area (Å²) in [5.41, 5.74) is -2.72. The van der Waals surface area contributed by atoms with E-state index in [2.05, 4.69) is 10.6 Å². The van der Waals surface area contributed by atoms with Gasteiger partial charge in [0.15, 0.2) is 0 Å². The number of piperidine rings is 1. The van der Waals surface area contributed by atoms with Crippen LogP contribution in [-0.2, 0) is 4.79 Å². The molecule has 1 amide bonds. The van der Waals surface area contributed by atoms with E-state index in [9.17, 15) is 18.0 Å². The third-order valence-corrected chi connectivity index (χ3v) is 4.55. The summed E-state index contributed by atoms with van der Waals surface area (Å²) in [6, 6.07) is 0. The van der Waals surface area contributed by atoms with E-state index in [0.717, 1.165) is 19.4 Å². The molecule has 1 aliphatic carbocycles. The van der Waals surface area contributed by atoms with E-state index in [1.54, 1.807) is 13.8 Å². The third-order valence-electron chi connectivity index (χ3n) is 4.55. The highest BCUT2D eigenvalue weighted by atomic mass is 19.4. The van der Waals surface area contributed by atoms with Gasteiger partial charge >= 0.3 is 6.18 Å². The molecule has 2 N–H and O–H groups in total. The Morgan fingerprint density at radius 2 is 1.95 bits per heavy atom. The van der Waals surface area contributed by atoms with Gasteiger partial charge in [-0.1, -0.05) is 13.8 Å². The van der Waals surface area contributed by atoms with E-state index in [-0.39, 0.29) is 18.8 Å². The summed E-state index contributed by atoms with van der Waals surface area (Å²) < 4.78 is 38.6. The largest absolute Gasteiger partial charge is 0.411 e. The molecule has 3 nitrogen and oxygen atoms in total. The maximum absolute atomic E-state index is 12.9. The van der Waals surface area contributed by atoms with Crippen LogP contribution >= 0.6 is 0 Å². The number of amides is 1. The van der Waals surface area contributed by atoms with Gasteiger partial charge in [-0.2, -0.15) is 13.2 Å². The molecule has 6 heteroatoms. The van der Waals surface area contributed by atoms with Crippen molar-refractivity contribution < 1.29 is 18.0 Å². The van der Waals surface area contributed by atoms with E-state index in [1.807, 2.05) is 0 Å². The van der Waals surface area contributed by atoms with Gasteiger partial charge in [-0.25, -0.2) is 0 Å². The van der Waals surface area contributed by atoms with Crippen molar-refractivity contribution in [3.05, 3.63) is 0 Å². The SMILES string of the molecule is CC(C)(C(=O)NC1(C(F)(F)F)CC1)C1CCCNC1. The summed E-state index contributed by atoms with van der Waals surface area (Å²) in [5, 5.41) is 5.46. The predicted molar refractivity (Wildman–Crippen MR) is 65.5 cm³/mol. The fourth-order valence-electron chi connectivity index (χ4n) is 2.64. The van der Waals surface area contributed by atoms with Gasteiger partial charge in [0.2, 0.25) is 5.91 Å². The Balaban J connectivity index is 2.02. The monoisotopic (exact) mass is 278 g/mol. The first-order chi connectivity index (χ1) is 8.69. The molecule has 1 heterocycles. The molecule has 1 atom stereocenters. The molecule has 19 heavy (non-hydrogen) atoms. The van der Waals surface area contributed by atoms with Gasteiger partial charge in [0.25, 0.3) is 0 Å². The number of alkyl halides is 3. The number of hydrogen-bond acceptors (Lipinski definition) is 2. The van der Waals surface area contributed by atoms with Crippen LogP contribution in [0.1, 0.15) is 39.5 Å². The highest BCUT2D eigenvalue weighted by Gasteiger charge is 2.65. The topological polar surface area (TPSA) is 41.1 Å². The van der Waals surface area contributed by atoms with E-state index in [4.69, 9.17) is 0 Å². The number of halogens is 3. The van der Waals surface area contributed by atoms with E-state index >= 15 is 0 Å². The van der Waals surface area contributed by atoms with Gasteiger partial charge in [0.05, 0.1) is 0 Å². The van der Waals surface area contributed by atoms with E-state index in [0.29, 0.717) is 6.54 Å². The first-order valence-electron chi connectivity index (χ1n) is 6.79. The van der Waals surface area contributed by atoms with Crippen LogP contribution in [0.3, 0.4) is 0 Å². The summed E-state index contributed by atoms with van der Waals surface area (Å²) >= 11 is 0. The van der Waals surface area contributed by atoms with Gasteiger partial charge in [0.1, 0.15) is 5.54 Å². The van der Waals surface area contributed by atoms with Crippen LogP contribution in [0.25, 0.3) is 0 Å². The quantitative estimate of drug-likeness (QED) is 0.831. The zero-order valence-electron chi connectivity index (χ0n) is 11.4. The van der Waals surface area contributed by atoms with Crippen LogP contribution in [0.15, 0.2) is 0 Å².